The molecule has 0 bridgehead atoms. The van der Waals surface area contributed by atoms with Crippen LogP contribution in [0.25, 0.3) is 0 Å². The van der Waals surface area contributed by atoms with E-state index in [1.165, 1.54) is 4.90 Å². The smallest absolute Gasteiger partial charge is 0.312 e. The maximum atomic E-state index is 13.1. The van der Waals surface area contributed by atoms with Crippen LogP contribution in [0.3, 0.4) is 0 Å². The summed E-state index contributed by atoms with van der Waals surface area (Å²) in [6, 6.07) is 6.99. The van der Waals surface area contributed by atoms with E-state index >= 15 is 0 Å². The first-order chi connectivity index (χ1) is 10.2. The Bertz CT molecular complexity index is 714. The van der Waals surface area contributed by atoms with Crippen molar-refractivity contribution < 1.29 is 26.4 Å². The number of nitrogens with zero attached hydrogens (tertiary/aromatic N) is 1. The summed E-state index contributed by atoms with van der Waals surface area (Å²) >= 11 is 0. The summed E-state index contributed by atoms with van der Waals surface area (Å²) in [7, 11) is -3.85. The Hall–Kier alpha value is -1.57. The molecule has 22 heavy (non-hydrogen) atoms. The minimum absolute atomic E-state index is 0.291. The topological polar surface area (TPSA) is 54.5 Å². The maximum absolute atomic E-state index is 13.1. The zero-order valence-corrected chi connectivity index (χ0v) is 12.3. The number of carbonyl (C=O) groups is 1. The molecular weight excluding hydrogens is 319 g/mol. The van der Waals surface area contributed by atoms with Crippen molar-refractivity contribution in [3.8, 4) is 0 Å². The molecule has 0 aliphatic carbocycles. The molecular formula is C14H14F3NO3S. The molecule has 2 unspecified atom stereocenters. The number of halogens is 3. The molecule has 1 aromatic carbocycles. The van der Waals surface area contributed by atoms with E-state index in [1.807, 2.05) is 6.07 Å². The van der Waals surface area contributed by atoms with Gasteiger partial charge in [0.1, 0.15) is 0 Å². The van der Waals surface area contributed by atoms with E-state index in [-0.39, 0.29) is 0 Å². The third kappa shape index (κ3) is 2.60. The van der Waals surface area contributed by atoms with E-state index in [0.717, 1.165) is 5.56 Å². The molecule has 0 N–H and O–H groups in total. The minimum Gasteiger partial charge on any atom is -0.312 e. The minimum atomic E-state index is -4.69. The highest BCUT2D eigenvalue weighted by atomic mass is 32.2. The molecule has 2 atom stereocenters. The summed E-state index contributed by atoms with van der Waals surface area (Å²) in [5.74, 6) is -6.13. The van der Waals surface area contributed by atoms with Gasteiger partial charge in [0.15, 0.2) is 9.84 Å². The largest absolute Gasteiger partial charge is 0.393 e. The number of alkyl halides is 3. The van der Waals surface area contributed by atoms with Gasteiger partial charge in [-0.15, -0.1) is 0 Å². The van der Waals surface area contributed by atoms with E-state index in [1.54, 1.807) is 18.2 Å². The summed E-state index contributed by atoms with van der Waals surface area (Å²) in [5, 5.41) is 0. The van der Waals surface area contributed by atoms with E-state index in [9.17, 15) is 26.4 Å². The van der Waals surface area contributed by atoms with Gasteiger partial charge in [-0.2, -0.15) is 13.2 Å². The zero-order valence-electron chi connectivity index (χ0n) is 11.5. The average molecular weight is 333 g/mol. The van der Waals surface area contributed by atoms with Gasteiger partial charge in [-0.3, -0.25) is 4.79 Å². The second-order valence-electron chi connectivity index (χ2n) is 5.70. The molecule has 1 fully saturated rings. The lowest BCUT2D eigenvalue weighted by Crippen LogP contribution is -2.42. The van der Waals surface area contributed by atoms with E-state index < -0.39 is 45.3 Å². The van der Waals surface area contributed by atoms with Gasteiger partial charge < -0.3 is 4.90 Å². The number of hydrogen-bond donors (Lipinski definition) is 0. The summed E-state index contributed by atoms with van der Waals surface area (Å²) < 4.78 is 62.4. The molecule has 120 valence electrons. The fourth-order valence-corrected chi connectivity index (χ4v) is 5.21. The first-order valence-electron chi connectivity index (χ1n) is 6.85. The third-order valence-electron chi connectivity index (χ3n) is 4.24. The number of benzene rings is 1. The van der Waals surface area contributed by atoms with Crippen LogP contribution >= 0.6 is 0 Å². The SMILES string of the molecule is O=C(C1CS(=O)(=O)CC1C(F)(F)F)N1CCc2ccccc21. The highest BCUT2D eigenvalue weighted by molar-refractivity contribution is 7.91. The van der Waals surface area contributed by atoms with E-state index in [0.29, 0.717) is 18.7 Å². The van der Waals surface area contributed by atoms with Gasteiger partial charge in [-0.05, 0) is 18.1 Å². The summed E-state index contributed by atoms with van der Waals surface area (Å²) in [6.45, 7) is 0.291. The molecule has 0 aromatic heterocycles. The van der Waals surface area contributed by atoms with Gasteiger partial charge in [0, 0.05) is 12.2 Å². The molecule has 3 rings (SSSR count). The van der Waals surface area contributed by atoms with Gasteiger partial charge in [0.2, 0.25) is 5.91 Å². The summed E-state index contributed by atoms with van der Waals surface area (Å²) in [4.78, 5) is 13.8. The van der Waals surface area contributed by atoms with Crippen LogP contribution in [0.15, 0.2) is 24.3 Å². The molecule has 0 radical (unpaired) electrons. The quantitative estimate of drug-likeness (QED) is 0.787. The number of sulfone groups is 1. The number of amides is 1. The normalized spacial score (nSPS) is 27.0. The third-order valence-corrected chi connectivity index (χ3v) is 5.98. The Labute approximate surface area is 125 Å². The van der Waals surface area contributed by atoms with Gasteiger partial charge in [-0.25, -0.2) is 8.42 Å². The number of para-hydroxylation sites is 1. The maximum Gasteiger partial charge on any atom is 0.393 e. The first-order valence-corrected chi connectivity index (χ1v) is 8.67. The van der Waals surface area contributed by atoms with E-state index in [2.05, 4.69) is 0 Å². The molecule has 1 saturated heterocycles. The lowest BCUT2D eigenvalue weighted by molar-refractivity contribution is -0.180. The number of rotatable bonds is 1. The Morgan fingerprint density at radius 1 is 1.18 bits per heavy atom. The Morgan fingerprint density at radius 3 is 2.55 bits per heavy atom. The van der Waals surface area contributed by atoms with Crippen LogP contribution in [-0.4, -0.2) is 38.6 Å². The predicted octanol–water partition coefficient (Wildman–Crippen LogP) is 1.80. The van der Waals surface area contributed by atoms with Crippen molar-refractivity contribution in [2.75, 3.05) is 23.0 Å². The van der Waals surface area contributed by atoms with Crippen LogP contribution in [0.2, 0.25) is 0 Å². The lowest BCUT2D eigenvalue weighted by atomic mass is 9.94. The Kier molecular flexibility index (Phi) is 3.47. The first kappa shape index (κ1) is 15.3. The second kappa shape index (κ2) is 4.97. The fourth-order valence-electron chi connectivity index (χ4n) is 3.18. The van der Waals surface area contributed by atoms with E-state index in [4.69, 9.17) is 0 Å². The predicted molar refractivity (Wildman–Crippen MR) is 74.2 cm³/mol. The molecule has 4 nitrogen and oxygen atoms in total. The number of hydrogen-bond acceptors (Lipinski definition) is 3. The van der Waals surface area contributed by atoms with Crippen molar-refractivity contribution >= 4 is 21.4 Å². The van der Waals surface area contributed by atoms with Crippen LogP contribution in [-0.2, 0) is 21.1 Å². The average Bonchev–Trinajstić information content (AvgIpc) is 2.98. The van der Waals surface area contributed by atoms with Crippen molar-refractivity contribution in [2.45, 2.75) is 12.6 Å². The molecule has 0 saturated carbocycles. The summed E-state index contributed by atoms with van der Waals surface area (Å²) in [5.41, 5.74) is 1.47. The van der Waals surface area contributed by atoms with Gasteiger partial charge >= 0.3 is 6.18 Å². The van der Waals surface area contributed by atoms with Gasteiger partial charge in [0.25, 0.3) is 0 Å². The van der Waals surface area contributed by atoms with Crippen molar-refractivity contribution in [1.82, 2.24) is 0 Å². The molecule has 0 spiro atoms. The van der Waals surface area contributed by atoms with Crippen molar-refractivity contribution in [3.05, 3.63) is 29.8 Å². The second-order valence-corrected chi connectivity index (χ2v) is 7.85. The molecule has 2 heterocycles. The van der Waals surface area contributed by atoms with Crippen molar-refractivity contribution in [3.63, 3.8) is 0 Å². The van der Waals surface area contributed by atoms with Crippen molar-refractivity contribution in [1.29, 1.82) is 0 Å². The standard InChI is InChI=1S/C14H14F3NO3S/c15-14(16,17)11-8-22(20,21)7-10(11)13(19)18-6-5-9-3-1-2-4-12(9)18/h1-4,10-11H,5-8H2. The van der Waals surface area contributed by atoms with Crippen LogP contribution < -0.4 is 4.90 Å². The Balaban J connectivity index is 1.92. The van der Waals surface area contributed by atoms with Crippen LogP contribution in [0.5, 0.6) is 0 Å². The number of fused-ring (bicyclic) bond motifs is 1. The molecule has 1 aromatic rings. The molecule has 2 aliphatic heterocycles. The summed E-state index contributed by atoms with van der Waals surface area (Å²) in [6.07, 6.45) is -4.12. The van der Waals surface area contributed by atoms with Gasteiger partial charge in [-0.1, -0.05) is 18.2 Å². The lowest BCUT2D eigenvalue weighted by Gasteiger charge is -2.25. The van der Waals surface area contributed by atoms with Crippen LogP contribution in [0, 0.1) is 11.8 Å². The van der Waals surface area contributed by atoms with Crippen molar-refractivity contribution in [2.24, 2.45) is 11.8 Å². The van der Waals surface area contributed by atoms with Gasteiger partial charge in [0.05, 0.1) is 23.3 Å². The number of carbonyl (C=O) groups excluding carboxylic acids is 1. The Morgan fingerprint density at radius 2 is 1.86 bits per heavy atom. The highest BCUT2D eigenvalue weighted by Gasteiger charge is 2.56. The molecule has 8 heteroatoms. The monoisotopic (exact) mass is 333 g/mol. The van der Waals surface area contributed by atoms with Crippen LogP contribution in [0.1, 0.15) is 5.56 Å². The van der Waals surface area contributed by atoms with Crippen LogP contribution in [0.4, 0.5) is 18.9 Å². The number of anilines is 1. The highest BCUT2D eigenvalue weighted by Crippen LogP contribution is 2.41. The fraction of sp³-hybridized carbons (Fsp3) is 0.500. The molecule has 1 amide bonds. The zero-order chi connectivity index (χ0) is 16.1. The molecule has 2 aliphatic rings.